The second kappa shape index (κ2) is 8.71. The lowest BCUT2D eigenvalue weighted by Gasteiger charge is -2.32. The van der Waals surface area contributed by atoms with Crippen molar-refractivity contribution < 1.29 is 18.9 Å². The van der Waals surface area contributed by atoms with Gasteiger partial charge in [-0.05, 0) is 47.5 Å². The molecule has 0 radical (unpaired) electrons. The third kappa shape index (κ3) is 4.34. The van der Waals surface area contributed by atoms with E-state index in [2.05, 4.69) is 48.2 Å². The van der Waals surface area contributed by atoms with Crippen molar-refractivity contribution in [1.82, 2.24) is 0 Å². The van der Waals surface area contributed by atoms with Crippen molar-refractivity contribution in [3.05, 3.63) is 47.5 Å². The van der Waals surface area contributed by atoms with Crippen LogP contribution in [0.3, 0.4) is 0 Å². The summed E-state index contributed by atoms with van der Waals surface area (Å²) in [5, 5.41) is 0. The normalized spacial score (nSPS) is 18.1. The summed E-state index contributed by atoms with van der Waals surface area (Å²) in [4.78, 5) is 4.57. The number of ether oxygens (including phenoxy) is 4. The van der Waals surface area contributed by atoms with Gasteiger partial charge in [-0.25, -0.2) is 0 Å². The summed E-state index contributed by atoms with van der Waals surface area (Å²) >= 11 is 0. The van der Waals surface area contributed by atoms with E-state index < -0.39 is 0 Å². The Balaban J connectivity index is 1.66. The molecular formula is C22H28N2O4. The Kier molecular flexibility index (Phi) is 5.88. The topological polar surface area (TPSA) is 43.4 Å². The summed E-state index contributed by atoms with van der Waals surface area (Å²) in [5.74, 6) is 1.76. The molecule has 2 aromatic rings. The van der Waals surface area contributed by atoms with Crippen molar-refractivity contribution in [1.29, 1.82) is 0 Å². The van der Waals surface area contributed by atoms with Crippen LogP contribution in [0.4, 0.5) is 11.4 Å². The number of anilines is 2. The van der Waals surface area contributed by atoms with Crippen LogP contribution in [0.5, 0.6) is 11.5 Å². The number of hydrogen-bond donors (Lipinski definition) is 0. The van der Waals surface area contributed by atoms with Crippen molar-refractivity contribution in [2.45, 2.75) is 13.1 Å². The fourth-order valence-electron chi connectivity index (χ4n) is 3.74. The van der Waals surface area contributed by atoms with Gasteiger partial charge in [0.2, 0.25) is 0 Å². The van der Waals surface area contributed by atoms with Gasteiger partial charge in [-0.1, -0.05) is 0 Å². The molecule has 0 saturated heterocycles. The molecular weight excluding hydrogens is 356 g/mol. The van der Waals surface area contributed by atoms with Gasteiger partial charge in [0.05, 0.1) is 26.4 Å². The van der Waals surface area contributed by atoms with Gasteiger partial charge in [-0.3, -0.25) is 0 Å². The van der Waals surface area contributed by atoms with Crippen LogP contribution in [0.1, 0.15) is 11.1 Å². The van der Waals surface area contributed by atoms with Gasteiger partial charge < -0.3 is 28.7 Å². The van der Waals surface area contributed by atoms with Gasteiger partial charge >= 0.3 is 0 Å². The summed E-state index contributed by atoms with van der Waals surface area (Å²) in [6.45, 7) is 4.89. The van der Waals surface area contributed by atoms with Crippen molar-refractivity contribution in [3.8, 4) is 11.5 Å². The highest BCUT2D eigenvalue weighted by Crippen LogP contribution is 2.34. The van der Waals surface area contributed by atoms with Gasteiger partial charge in [0.25, 0.3) is 0 Å². The van der Waals surface area contributed by atoms with Crippen molar-refractivity contribution in [3.63, 3.8) is 0 Å². The molecule has 0 aromatic heterocycles. The standard InChI is InChI=1S/C22H28N2O4/c1-23-15-17-13-20-4-6-22(17)24(2)16-18-14-19(3-5-21(18)23)27-11-9-25-7-8-26-10-12-28-20/h3-6,13-14H,7-12,15-16H2,1-2H3. The lowest BCUT2D eigenvalue weighted by molar-refractivity contribution is 0.0273. The van der Waals surface area contributed by atoms with Crippen LogP contribution in [0, 0.1) is 0 Å². The summed E-state index contributed by atoms with van der Waals surface area (Å²) < 4.78 is 22.9. The van der Waals surface area contributed by atoms with E-state index in [1.807, 2.05) is 12.1 Å². The largest absolute Gasteiger partial charge is 0.491 e. The first-order chi connectivity index (χ1) is 13.7. The molecule has 6 nitrogen and oxygen atoms in total. The predicted octanol–water partition coefficient (Wildman–Crippen LogP) is 3.08. The lowest BCUT2D eigenvalue weighted by atomic mass is 10.0. The van der Waals surface area contributed by atoms with Gasteiger partial charge in [0.1, 0.15) is 24.7 Å². The van der Waals surface area contributed by atoms with Crippen LogP contribution in [-0.2, 0) is 22.6 Å². The van der Waals surface area contributed by atoms with E-state index in [0.717, 1.165) is 24.6 Å². The maximum absolute atomic E-state index is 5.90. The summed E-state index contributed by atoms with van der Waals surface area (Å²) in [7, 11) is 4.26. The summed E-state index contributed by atoms with van der Waals surface area (Å²) in [6.07, 6.45) is 0. The smallest absolute Gasteiger partial charge is 0.119 e. The Hall–Kier alpha value is -2.44. The fraction of sp³-hybridized carbons (Fsp3) is 0.455. The molecule has 2 aromatic carbocycles. The molecule has 6 heteroatoms. The van der Waals surface area contributed by atoms with Gasteiger partial charge in [0, 0.05) is 38.6 Å². The van der Waals surface area contributed by atoms with E-state index in [1.165, 1.54) is 22.5 Å². The molecule has 3 aliphatic heterocycles. The number of benzene rings is 2. The van der Waals surface area contributed by atoms with Crippen LogP contribution in [0.15, 0.2) is 36.4 Å². The zero-order valence-electron chi connectivity index (χ0n) is 16.6. The molecule has 28 heavy (non-hydrogen) atoms. The molecule has 6 bridgehead atoms. The molecule has 0 saturated carbocycles. The highest BCUT2D eigenvalue weighted by molar-refractivity contribution is 5.64. The Labute approximate surface area is 166 Å². The molecule has 0 aliphatic carbocycles. The SMILES string of the molecule is CN1Cc2cc3ccc2N(C)Cc2cc(ccc21)OCCOCCOCCO3. The lowest BCUT2D eigenvalue weighted by Crippen LogP contribution is -2.27. The molecule has 0 amide bonds. The Bertz CT molecular complexity index is 744. The zero-order valence-corrected chi connectivity index (χ0v) is 16.6. The fourth-order valence-corrected chi connectivity index (χ4v) is 3.74. The second-order valence-corrected chi connectivity index (χ2v) is 7.21. The predicted molar refractivity (Wildman–Crippen MR) is 110 cm³/mol. The number of nitrogens with zero attached hydrogens (tertiary/aromatic N) is 2. The Morgan fingerprint density at radius 1 is 0.607 bits per heavy atom. The quantitative estimate of drug-likeness (QED) is 0.651. The van der Waals surface area contributed by atoms with Crippen LogP contribution >= 0.6 is 0 Å². The molecule has 0 atom stereocenters. The molecule has 3 aliphatic rings. The summed E-state index contributed by atoms with van der Waals surface area (Å²) in [6, 6.07) is 12.6. The Morgan fingerprint density at radius 2 is 1.04 bits per heavy atom. The summed E-state index contributed by atoms with van der Waals surface area (Å²) in [5.41, 5.74) is 4.94. The highest BCUT2D eigenvalue weighted by atomic mass is 16.6. The van der Waals surface area contributed by atoms with Crippen LogP contribution < -0.4 is 19.3 Å². The second-order valence-electron chi connectivity index (χ2n) is 7.21. The first-order valence-electron chi connectivity index (χ1n) is 9.80. The Morgan fingerprint density at radius 3 is 1.50 bits per heavy atom. The third-order valence-electron chi connectivity index (χ3n) is 5.10. The maximum atomic E-state index is 5.90. The van der Waals surface area contributed by atoms with Crippen molar-refractivity contribution in [2.75, 3.05) is 63.5 Å². The van der Waals surface area contributed by atoms with Crippen molar-refractivity contribution >= 4 is 11.4 Å². The average molecular weight is 384 g/mol. The van der Waals surface area contributed by atoms with E-state index in [9.17, 15) is 0 Å². The number of fused-ring (bicyclic) bond motifs is 13. The van der Waals surface area contributed by atoms with Gasteiger partial charge in [-0.15, -0.1) is 0 Å². The molecule has 150 valence electrons. The molecule has 0 unspecified atom stereocenters. The minimum absolute atomic E-state index is 0.527. The van der Waals surface area contributed by atoms with Crippen LogP contribution in [0.25, 0.3) is 0 Å². The minimum atomic E-state index is 0.527. The monoisotopic (exact) mass is 384 g/mol. The molecule has 0 fully saturated rings. The van der Waals surface area contributed by atoms with E-state index >= 15 is 0 Å². The number of rotatable bonds is 0. The van der Waals surface area contributed by atoms with Gasteiger partial charge in [0.15, 0.2) is 0 Å². The molecule has 0 N–H and O–H groups in total. The van der Waals surface area contributed by atoms with E-state index in [4.69, 9.17) is 18.9 Å². The minimum Gasteiger partial charge on any atom is -0.491 e. The van der Waals surface area contributed by atoms with Crippen LogP contribution in [0.2, 0.25) is 0 Å². The maximum Gasteiger partial charge on any atom is 0.119 e. The van der Waals surface area contributed by atoms with E-state index in [-0.39, 0.29) is 0 Å². The highest BCUT2D eigenvalue weighted by Gasteiger charge is 2.19. The zero-order chi connectivity index (χ0) is 19.3. The number of hydrogen-bond acceptors (Lipinski definition) is 6. The van der Waals surface area contributed by atoms with E-state index in [0.29, 0.717) is 39.6 Å². The molecule has 0 spiro atoms. The average Bonchev–Trinajstić information content (AvgIpc) is 2.68. The molecule has 3 heterocycles. The third-order valence-corrected chi connectivity index (χ3v) is 5.10. The van der Waals surface area contributed by atoms with Crippen LogP contribution in [-0.4, -0.2) is 53.7 Å². The van der Waals surface area contributed by atoms with Gasteiger partial charge in [-0.2, -0.15) is 0 Å². The first-order valence-corrected chi connectivity index (χ1v) is 9.80. The molecule has 5 rings (SSSR count). The van der Waals surface area contributed by atoms with Crippen molar-refractivity contribution in [2.24, 2.45) is 0 Å². The first kappa shape index (κ1) is 18.9. The van der Waals surface area contributed by atoms with E-state index in [1.54, 1.807) is 0 Å².